The molecule has 3 aromatic carbocycles. The van der Waals surface area contributed by atoms with Gasteiger partial charge in [-0.1, -0.05) is 82.3 Å². The fourth-order valence-corrected chi connectivity index (χ4v) is 13.4. The number of fused-ring (bicyclic) bond motifs is 1. The molecule has 104 heavy (non-hydrogen) atoms. The highest BCUT2D eigenvalue weighted by atomic mass is 33.1. The van der Waals surface area contributed by atoms with Crippen molar-refractivity contribution in [3.63, 3.8) is 0 Å². The highest BCUT2D eigenvalue weighted by molar-refractivity contribution is 8.76. The van der Waals surface area contributed by atoms with E-state index in [0.29, 0.717) is 34.0 Å². The lowest BCUT2D eigenvalue weighted by atomic mass is 10.0. The first kappa shape index (κ1) is 85.2. The van der Waals surface area contributed by atoms with Crippen LogP contribution in [-0.2, 0) is 81.6 Å². The number of carboxylic acid groups (broad SMARTS) is 5. The number of phenols is 1. The molecule has 3 heterocycles. The van der Waals surface area contributed by atoms with Gasteiger partial charge in [-0.3, -0.25) is 77.1 Å². The minimum atomic E-state index is -1.91. The number of hydrogen-bond acceptors (Lipinski definition) is 23. The quantitative estimate of drug-likeness (QED) is 0.0216. The number of hydrogen-bond donors (Lipinski definition) is 18. The number of rotatable bonds is 26. The number of para-hydroxylation sites is 1. The van der Waals surface area contributed by atoms with Crippen LogP contribution in [0.2, 0.25) is 0 Å². The average Bonchev–Trinajstić information content (AvgIpc) is 1.63. The normalized spacial score (nSPS) is 21.3. The maximum atomic E-state index is 15.3. The number of nitrogens with two attached hydrogens (primary N) is 1. The molecule has 2 aliphatic rings. The molecule has 6 rings (SSSR count). The summed E-state index contributed by atoms with van der Waals surface area (Å²) >= 11 is 0. The number of aliphatic hydroxyl groups is 2. The fraction of sp³-hybridized carbons (Fsp3) is 0.507. The summed E-state index contributed by atoms with van der Waals surface area (Å²) in [5.74, 6) is -14.8. The molecule has 2 saturated heterocycles. The Morgan fingerprint density at radius 2 is 1.08 bits per heavy atom. The number of aliphatic carboxylic acids is 5. The van der Waals surface area contributed by atoms with Crippen molar-refractivity contribution < 1.29 is 103 Å². The number of aromatic nitrogens is 1. The van der Waals surface area contributed by atoms with E-state index < -0.39 is 169 Å². The summed E-state index contributed by atoms with van der Waals surface area (Å²) in [5, 5.41) is 99.8. The summed E-state index contributed by atoms with van der Waals surface area (Å²) in [6, 6.07) is 7.92. The van der Waals surface area contributed by atoms with Crippen LogP contribution in [0.1, 0.15) is 56.7 Å². The Hall–Kier alpha value is -9.47. The third kappa shape index (κ3) is 30.1. The number of aliphatic hydroxyl groups excluding tert-OH is 2. The van der Waals surface area contributed by atoms with Gasteiger partial charge in [0.15, 0.2) is 6.04 Å². The standard InChI is InChI=1S/C65H90N14O19S2.C2H4O2/c1-38(80)56-64(96)73-51(63(95)75-57(39(2)81)65(97)98)37-100-99-36-50(72-59(91)47(28-40-10-4-3-5-11-40)68-52(83)32-76-20-22-77(33-53(84)85)24-26-79(35-55(88)89)27-25-78(23-21-76)34-54(86)87)62(94)70-48(29-41-15-17-43(82)18-16-41)60(92)71-49(30-42-31-67-45-13-7-6-12-44(42)45)61(93)69-46(58(90)74-56)14-8-9-19-66;1-2(3)4/h3-7,10-13,15-18,31,38-39,46-51,56-57,67,80-82H,8-9,14,19-30,32-37,66H2,1-2H3,(H,68,83)(H,69,93)(H,70,94)(H,71,92)(H,72,91)(H,73,96)(H,74,90)(H,75,95)(H,84,85)(H,86,87)(H,88,89)(H,97,98);1H3,(H,3,4)/t38-,39-,46+,47-,48+,49?,50?,51?,56+,57+;/m1./s1. The Kier molecular flexibility index (Phi) is 35.7. The molecule has 8 amide bonds. The van der Waals surface area contributed by atoms with Gasteiger partial charge < -0.3 is 94.1 Å². The van der Waals surface area contributed by atoms with Gasteiger partial charge in [-0.15, -0.1) is 0 Å². The predicted octanol–water partition coefficient (Wildman–Crippen LogP) is -3.28. The molecule has 19 N–H and O–H groups in total. The van der Waals surface area contributed by atoms with Gasteiger partial charge in [0.05, 0.1) is 38.4 Å². The molecular formula is C67H94N14O21S2. The number of H-pyrrole nitrogens is 1. The van der Waals surface area contributed by atoms with Gasteiger partial charge in [0.1, 0.15) is 48.0 Å². The minimum Gasteiger partial charge on any atom is -0.508 e. The highest BCUT2D eigenvalue weighted by Crippen LogP contribution is 2.25. The third-order valence-corrected chi connectivity index (χ3v) is 19.0. The van der Waals surface area contributed by atoms with E-state index in [1.54, 1.807) is 80.4 Å². The number of aromatic hydroxyl groups is 1. The van der Waals surface area contributed by atoms with Crippen molar-refractivity contribution in [2.45, 2.75) is 120 Å². The topological polar surface area (TPSA) is 535 Å². The third-order valence-electron chi connectivity index (χ3n) is 16.6. The minimum absolute atomic E-state index is 0.0426. The second kappa shape index (κ2) is 43.6. The van der Waals surface area contributed by atoms with Gasteiger partial charge in [0, 0.05) is 107 Å². The lowest BCUT2D eigenvalue weighted by Crippen LogP contribution is -2.62. The number of carbonyl (C=O) groups is 13. The Balaban J connectivity index is 0.00000473. The number of nitrogens with zero attached hydrogens (tertiary/aromatic N) is 4. The van der Waals surface area contributed by atoms with Crippen molar-refractivity contribution >= 4 is 110 Å². The van der Waals surface area contributed by atoms with Crippen LogP contribution in [0.3, 0.4) is 0 Å². The zero-order valence-electron chi connectivity index (χ0n) is 57.8. The van der Waals surface area contributed by atoms with Crippen molar-refractivity contribution in [2.24, 2.45) is 5.73 Å². The molecule has 0 radical (unpaired) electrons. The molecular weight excluding hydrogens is 1400 g/mol. The van der Waals surface area contributed by atoms with E-state index in [1.165, 1.54) is 24.3 Å². The monoisotopic (exact) mass is 1490 g/mol. The first-order chi connectivity index (χ1) is 49.4. The molecule has 10 atom stereocenters. The van der Waals surface area contributed by atoms with Gasteiger partial charge in [0.25, 0.3) is 5.97 Å². The number of aromatic amines is 1. The van der Waals surface area contributed by atoms with Crippen molar-refractivity contribution in [3.8, 4) is 5.75 Å². The summed E-state index contributed by atoms with van der Waals surface area (Å²) in [7, 11) is 1.66. The smallest absolute Gasteiger partial charge is 0.328 e. The van der Waals surface area contributed by atoms with Crippen LogP contribution >= 0.6 is 21.6 Å². The molecule has 1 aromatic heterocycles. The van der Waals surface area contributed by atoms with Gasteiger partial charge in [-0.2, -0.15) is 0 Å². The van der Waals surface area contributed by atoms with Crippen LogP contribution in [0.5, 0.6) is 5.75 Å². The van der Waals surface area contributed by atoms with Crippen molar-refractivity contribution in [1.29, 1.82) is 0 Å². The molecule has 4 aromatic rings. The molecule has 570 valence electrons. The molecule has 0 aliphatic carbocycles. The molecule has 0 bridgehead atoms. The largest absolute Gasteiger partial charge is 0.508 e. The van der Waals surface area contributed by atoms with Crippen LogP contribution in [0, 0.1) is 0 Å². The van der Waals surface area contributed by atoms with E-state index >= 15 is 14.4 Å². The van der Waals surface area contributed by atoms with Crippen molar-refractivity contribution in [1.82, 2.24) is 67.1 Å². The van der Waals surface area contributed by atoms with Crippen LogP contribution < -0.4 is 48.3 Å². The summed E-state index contributed by atoms with van der Waals surface area (Å²) < 4.78 is 0. The van der Waals surface area contributed by atoms with E-state index in [4.69, 9.17) is 15.6 Å². The van der Waals surface area contributed by atoms with Crippen LogP contribution in [0.15, 0.2) is 85.1 Å². The number of phenolic OH excluding ortho intramolecular Hbond substituents is 1. The number of nitrogens with one attached hydrogen (secondary N) is 9. The second-order valence-electron chi connectivity index (χ2n) is 25.0. The Labute approximate surface area is 606 Å². The van der Waals surface area contributed by atoms with Gasteiger partial charge in [0.2, 0.25) is 47.3 Å². The van der Waals surface area contributed by atoms with E-state index in [0.717, 1.165) is 42.4 Å². The highest BCUT2D eigenvalue weighted by Gasteiger charge is 2.38. The van der Waals surface area contributed by atoms with Gasteiger partial charge in [-0.05, 0) is 74.5 Å². The van der Waals surface area contributed by atoms with Crippen LogP contribution in [0.25, 0.3) is 10.9 Å². The van der Waals surface area contributed by atoms with E-state index in [2.05, 4.69) is 47.5 Å². The Morgan fingerprint density at radius 1 is 0.577 bits per heavy atom. The van der Waals surface area contributed by atoms with Gasteiger partial charge >= 0.3 is 23.9 Å². The van der Waals surface area contributed by atoms with E-state index in [-0.39, 0.29) is 103 Å². The zero-order valence-corrected chi connectivity index (χ0v) is 59.4. The fourth-order valence-electron chi connectivity index (χ4n) is 11.1. The van der Waals surface area contributed by atoms with Crippen molar-refractivity contribution in [2.75, 3.05) is 96.6 Å². The van der Waals surface area contributed by atoms with E-state index in [9.17, 15) is 78.9 Å². The lowest BCUT2D eigenvalue weighted by molar-refractivity contribution is -0.145. The Bertz CT molecular complexity index is 3520. The number of amides is 8. The average molecular weight is 1500 g/mol. The second-order valence-corrected chi connectivity index (χ2v) is 27.6. The number of benzene rings is 3. The first-order valence-corrected chi connectivity index (χ1v) is 35.9. The molecule has 2 aliphatic heterocycles. The molecule has 0 saturated carbocycles. The molecule has 35 nitrogen and oxygen atoms in total. The summed E-state index contributed by atoms with van der Waals surface area (Å²) in [6.45, 7) is 2.46. The molecule has 37 heteroatoms. The number of carbonyl (C=O) groups excluding carboxylic acids is 8. The zero-order chi connectivity index (χ0) is 76.6. The summed E-state index contributed by atoms with van der Waals surface area (Å²) in [6.07, 6.45) is -1.92. The first-order valence-electron chi connectivity index (χ1n) is 33.5. The SMILES string of the molecule is CC(=O)O.C[C@@H](O)[C@H](NC(=O)C1CSSCC(NC(=O)[C@@H](Cc2ccccc2)NC(=O)CN2CCN(CC(=O)O)CCN(CC(=O)O)CCN(CC(=O)O)CC2)C(=O)N[C@@H](Cc2ccc(O)cc2)C(=O)NC(Cc2c[nH]c3ccccc23)C(=O)N[C@@H](CCCCN)C(=O)N[C@@H]([C@@H](C)O)C(=O)N1)C(=O)O. The summed E-state index contributed by atoms with van der Waals surface area (Å²) in [5.41, 5.74) is 7.96. The van der Waals surface area contributed by atoms with Gasteiger partial charge in [-0.25, -0.2) is 4.79 Å². The Morgan fingerprint density at radius 3 is 1.61 bits per heavy atom. The molecule has 3 unspecified atom stereocenters. The number of carboxylic acids is 5. The molecule has 2 fully saturated rings. The van der Waals surface area contributed by atoms with Crippen molar-refractivity contribution in [3.05, 3.63) is 102 Å². The number of unbranched alkanes of at least 4 members (excludes halogenated alkanes) is 1. The maximum Gasteiger partial charge on any atom is 0.328 e. The lowest BCUT2D eigenvalue weighted by Gasteiger charge is -2.33. The maximum absolute atomic E-state index is 15.3. The van der Waals surface area contributed by atoms with Crippen LogP contribution in [0.4, 0.5) is 0 Å². The predicted molar refractivity (Wildman–Crippen MR) is 380 cm³/mol. The molecule has 0 spiro atoms. The van der Waals surface area contributed by atoms with Crippen LogP contribution in [-0.4, -0.2) is 300 Å². The summed E-state index contributed by atoms with van der Waals surface area (Å²) in [4.78, 5) is 185. The van der Waals surface area contributed by atoms with E-state index in [1.807, 2.05) is 0 Å².